The number of halogens is 3. The van der Waals surface area contributed by atoms with Crippen molar-refractivity contribution in [1.29, 1.82) is 5.41 Å². The minimum atomic E-state index is -1.61. The van der Waals surface area contributed by atoms with Crippen molar-refractivity contribution in [3.63, 3.8) is 0 Å². The van der Waals surface area contributed by atoms with Gasteiger partial charge < -0.3 is 15.8 Å². The molecule has 8 heteroatoms. The van der Waals surface area contributed by atoms with E-state index in [-0.39, 0.29) is 23.7 Å². The second kappa shape index (κ2) is 11.1. The predicted molar refractivity (Wildman–Crippen MR) is 137 cm³/mol. The van der Waals surface area contributed by atoms with E-state index in [2.05, 4.69) is 5.32 Å². The van der Waals surface area contributed by atoms with Gasteiger partial charge >= 0.3 is 5.97 Å². The van der Waals surface area contributed by atoms with Gasteiger partial charge in [-0.1, -0.05) is 18.2 Å². The molecule has 1 heterocycles. The molecule has 0 spiro atoms. The Balaban J connectivity index is 2.18. The summed E-state index contributed by atoms with van der Waals surface area (Å²) in [5, 5.41) is 19.7. The van der Waals surface area contributed by atoms with E-state index in [4.69, 9.17) is 10.5 Å². The number of carboxylic acids is 1. The second-order valence-electron chi connectivity index (χ2n) is 9.63. The van der Waals surface area contributed by atoms with Crippen molar-refractivity contribution in [3.05, 3.63) is 82.1 Å². The first-order chi connectivity index (χ1) is 16.9. The second-order valence-corrected chi connectivity index (χ2v) is 9.63. The summed E-state index contributed by atoms with van der Waals surface area (Å²) in [5.74, 6) is -2.89. The summed E-state index contributed by atoms with van der Waals surface area (Å²) in [6.45, 7) is 7.38. The summed E-state index contributed by atoms with van der Waals surface area (Å²) < 4.78 is 45.8. The van der Waals surface area contributed by atoms with E-state index in [9.17, 15) is 9.18 Å². The molecule has 2 aromatic carbocycles. The molecule has 36 heavy (non-hydrogen) atoms. The maximum atomic E-state index is 15.5. The molecular formula is C28H32F3N3O2. The first kappa shape index (κ1) is 27.2. The molecule has 2 atom stereocenters. The SMILES string of the molecule is CCN/C=C(\C=N)c1ccc2c(c1)CC(C)N(CC(C)(C)F)C2c1c(F)cc(/C=C/C(=O)O)cc1F. The number of rotatable bonds is 9. The van der Waals surface area contributed by atoms with Crippen LogP contribution in [0.5, 0.6) is 0 Å². The zero-order valence-corrected chi connectivity index (χ0v) is 20.9. The molecule has 0 radical (unpaired) electrons. The molecule has 2 aromatic rings. The van der Waals surface area contributed by atoms with Crippen molar-refractivity contribution in [1.82, 2.24) is 10.2 Å². The van der Waals surface area contributed by atoms with Gasteiger partial charge in [0.05, 0.1) is 6.04 Å². The van der Waals surface area contributed by atoms with E-state index >= 15 is 8.78 Å². The van der Waals surface area contributed by atoms with Crippen molar-refractivity contribution in [3.8, 4) is 0 Å². The van der Waals surface area contributed by atoms with Crippen molar-refractivity contribution < 1.29 is 23.1 Å². The van der Waals surface area contributed by atoms with Crippen LogP contribution in [-0.2, 0) is 11.2 Å². The van der Waals surface area contributed by atoms with Gasteiger partial charge in [-0.15, -0.1) is 0 Å². The van der Waals surface area contributed by atoms with Crippen LogP contribution in [0.3, 0.4) is 0 Å². The topological polar surface area (TPSA) is 76.4 Å². The average molecular weight is 500 g/mol. The van der Waals surface area contributed by atoms with Gasteiger partial charge in [0, 0.05) is 48.8 Å². The van der Waals surface area contributed by atoms with Crippen LogP contribution in [0.1, 0.15) is 61.6 Å². The molecule has 0 amide bonds. The monoisotopic (exact) mass is 499 g/mol. The van der Waals surface area contributed by atoms with Gasteiger partial charge in [-0.05, 0) is 74.6 Å². The molecule has 5 nitrogen and oxygen atoms in total. The molecule has 3 rings (SSSR count). The first-order valence-corrected chi connectivity index (χ1v) is 11.9. The summed E-state index contributed by atoms with van der Waals surface area (Å²) >= 11 is 0. The Morgan fingerprint density at radius 1 is 1.25 bits per heavy atom. The van der Waals surface area contributed by atoms with Gasteiger partial charge in [0.1, 0.15) is 17.3 Å². The van der Waals surface area contributed by atoms with Crippen molar-refractivity contribution >= 4 is 23.8 Å². The number of carboxylic acid groups (broad SMARTS) is 1. The van der Waals surface area contributed by atoms with Gasteiger partial charge in [-0.2, -0.15) is 0 Å². The van der Waals surface area contributed by atoms with Crippen LogP contribution in [0.25, 0.3) is 11.6 Å². The summed E-state index contributed by atoms with van der Waals surface area (Å²) in [6.07, 6.45) is 5.48. The van der Waals surface area contributed by atoms with Crippen LogP contribution in [-0.4, -0.2) is 47.0 Å². The number of alkyl halides is 1. The van der Waals surface area contributed by atoms with E-state index in [1.165, 1.54) is 20.1 Å². The molecule has 0 saturated carbocycles. The van der Waals surface area contributed by atoms with E-state index in [0.29, 0.717) is 24.1 Å². The highest BCUT2D eigenvalue weighted by Crippen LogP contribution is 2.42. The maximum Gasteiger partial charge on any atom is 0.328 e. The molecule has 0 aromatic heterocycles. The molecule has 0 aliphatic carbocycles. The average Bonchev–Trinajstić information content (AvgIpc) is 2.78. The number of hydrogen-bond acceptors (Lipinski definition) is 4. The number of allylic oxidation sites excluding steroid dienone is 1. The number of hydrogen-bond donors (Lipinski definition) is 3. The Labute approximate surface area is 209 Å². The highest BCUT2D eigenvalue weighted by Gasteiger charge is 2.39. The molecule has 0 bridgehead atoms. The fraction of sp³-hybridized carbons (Fsp3) is 0.357. The molecule has 3 N–H and O–H groups in total. The first-order valence-electron chi connectivity index (χ1n) is 11.9. The standard InChI is InChI=1S/C28H32F3N3O2/c1-5-33-15-21(14-32)19-7-8-22-20(13-19)10-17(2)34(16-28(3,4)31)27(22)26-23(29)11-18(12-24(26)30)6-9-25(35)36/h6-9,11-15,17,27,32-33H,5,10,16H2,1-4H3,(H,35,36)/b9-6+,21-15+,32-14?. The lowest BCUT2D eigenvalue weighted by atomic mass is 9.82. The van der Waals surface area contributed by atoms with Crippen LogP contribution in [0.4, 0.5) is 13.2 Å². The minimum Gasteiger partial charge on any atom is -0.478 e. The lowest BCUT2D eigenvalue weighted by molar-refractivity contribution is -0.131. The Bertz CT molecular complexity index is 1180. The van der Waals surface area contributed by atoms with Crippen LogP contribution in [0.15, 0.2) is 42.6 Å². The van der Waals surface area contributed by atoms with Crippen LogP contribution < -0.4 is 5.32 Å². The third kappa shape index (κ3) is 6.23. The Morgan fingerprint density at radius 3 is 2.47 bits per heavy atom. The quantitative estimate of drug-likeness (QED) is 0.304. The number of nitrogens with one attached hydrogen (secondary N) is 2. The van der Waals surface area contributed by atoms with Crippen molar-refractivity contribution in [2.45, 2.75) is 51.9 Å². The lowest BCUT2D eigenvalue weighted by Gasteiger charge is -2.44. The Morgan fingerprint density at radius 2 is 1.92 bits per heavy atom. The van der Waals surface area contributed by atoms with Crippen LogP contribution in [0, 0.1) is 17.0 Å². The van der Waals surface area contributed by atoms with E-state index < -0.39 is 29.3 Å². The fourth-order valence-corrected chi connectivity index (χ4v) is 4.65. The molecular weight excluding hydrogens is 467 g/mol. The molecule has 1 aliphatic heterocycles. The number of carbonyl (C=O) groups is 1. The third-order valence-electron chi connectivity index (χ3n) is 6.15. The van der Waals surface area contributed by atoms with Crippen molar-refractivity contribution in [2.75, 3.05) is 13.1 Å². The molecule has 1 aliphatic rings. The zero-order chi connectivity index (χ0) is 26.6. The largest absolute Gasteiger partial charge is 0.478 e. The summed E-state index contributed by atoms with van der Waals surface area (Å²) in [5.41, 5.74) is 1.27. The number of fused-ring (bicyclic) bond motifs is 1. The van der Waals surface area contributed by atoms with E-state index in [1.807, 2.05) is 19.9 Å². The summed E-state index contributed by atoms with van der Waals surface area (Å²) in [6, 6.07) is 6.59. The highest BCUT2D eigenvalue weighted by molar-refractivity contribution is 6.08. The normalized spacial score (nSPS) is 18.8. The third-order valence-corrected chi connectivity index (χ3v) is 6.15. The van der Waals surface area contributed by atoms with Gasteiger partial charge in [-0.3, -0.25) is 4.90 Å². The fourth-order valence-electron chi connectivity index (χ4n) is 4.65. The molecule has 0 saturated heterocycles. The van der Waals surface area contributed by atoms with Gasteiger partial charge in [0.2, 0.25) is 0 Å². The highest BCUT2D eigenvalue weighted by atomic mass is 19.1. The molecule has 192 valence electrons. The number of benzene rings is 2. The number of nitrogens with zero attached hydrogens (tertiary/aromatic N) is 1. The summed E-state index contributed by atoms with van der Waals surface area (Å²) in [7, 11) is 0. The Kier molecular flexibility index (Phi) is 8.40. The smallest absolute Gasteiger partial charge is 0.328 e. The maximum absolute atomic E-state index is 15.5. The van der Waals surface area contributed by atoms with E-state index in [0.717, 1.165) is 35.4 Å². The predicted octanol–water partition coefficient (Wildman–Crippen LogP) is 5.75. The Hall–Kier alpha value is -3.39. The molecule has 0 fully saturated rings. The lowest BCUT2D eigenvalue weighted by Crippen LogP contribution is -2.48. The van der Waals surface area contributed by atoms with Crippen LogP contribution in [0.2, 0.25) is 0 Å². The van der Waals surface area contributed by atoms with Gasteiger partial charge in [0.25, 0.3) is 0 Å². The van der Waals surface area contributed by atoms with E-state index in [1.54, 1.807) is 23.2 Å². The minimum absolute atomic E-state index is 0.0361. The molecule has 2 unspecified atom stereocenters. The zero-order valence-electron chi connectivity index (χ0n) is 20.9. The van der Waals surface area contributed by atoms with Crippen molar-refractivity contribution in [2.24, 2.45) is 0 Å². The summed E-state index contributed by atoms with van der Waals surface area (Å²) in [4.78, 5) is 12.6. The van der Waals surface area contributed by atoms with Crippen LogP contribution >= 0.6 is 0 Å². The number of aliphatic carboxylic acids is 1. The van der Waals surface area contributed by atoms with Gasteiger partial charge in [-0.25, -0.2) is 18.0 Å². The van der Waals surface area contributed by atoms with Gasteiger partial charge in [0.15, 0.2) is 0 Å².